The largest absolute Gasteiger partial charge is 0.485 e. The Labute approximate surface area is 149 Å². The van der Waals surface area contributed by atoms with E-state index in [2.05, 4.69) is 10.9 Å². The van der Waals surface area contributed by atoms with E-state index < -0.39 is 24.0 Å². The van der Waals surface area contributed by atoms with Crippen LogP contribution in [0.2, 0.25) is 0 Å². The van der Waals surface area contributed by atoms with Crippen LogP contribution >= 0.6 is 0 Å². The van der Waals surface area contributed by atoms with Crippen molar-refractivity contribution in [1.82, 2.24) is 10.9 Å². The van der Waals surface area contributed by atoms with Gasteiger partial charge in [0.25, 0.3) is 11.8 Å². The van der Waals surface area contributed by atoms with Crippen molar-refractivity contribution in [2.24, 2.45) is 0 Å². The van der Waals surface area contributed by atoms with Gasteiger partial charge >= 0.3 is 0 Å². The molecule has 1 aliphatic carbocycles. The molecule has 26 heavy (non-hydrogen) atoms. The van der Waals surface area contributed by atoms with Crippen molar-refractivity contribution in [3.05, 3.63) is 48.6 Å². The minimum absolute atomic E-state index is 0.0582. The summed E-state index contributed by atoms with van der Waals surface area (Å²) >= 11 is 0. The van der Waals surface area contributed by atoms with Gasteiger partial charge in [-0.25, -0.2) is 0 Å². The Hall–Kier alpha value is -2.84. The third kappa shape index (κ3) is 3.42. The van der Waals surface area contributed by atoms with Crippen LogP contribution in [0.3, 0.4) is 0 Å². The minimum atomic E-state index is -0.857. The fourth-order valence-electron chi connectivity index (χ4n) is 2.84. The molecular formula is C18H18N2O6. The van der Waals surface area contributed by atoms with Gasteiger partial charge in [0.2, 0.25) is 6.10 Å². The van der Waals surface area contributed by atoms with Gasteiger partial charge in [0.1, 0.15) is 18.8 Å². The highest BCUT2D eigenvalue weighted by atomic mass is 16.6. The van der Waals surface area contributed by atoms with Crippen molar-refractivity contribution in [3.8, 4) is 11.5 Å². The molecule has 3 aliphatic rings. The first-order valence-electron chi connectivity index (χ1n) is 8.31. The van der Waals surface area contributed by atoms with Gasteiger partial charge in [-0.05, 0) is 12.1 Å². The number of fused-ring (bicyclic) bond motifs is 2. The van der Waals surface area contributed by atoms with Gasteiger partial charge in [0, 0.05) is 0 Å². The molecule has 4 atom stereocenters. The highest BCUT2D eigenvalue weighted by Crippen LogP contribution is 2.30. The molecule has 8 heteroatoms. The molecule has 2 amide bonds. The monoisotopic (exact) mass is 358 g/mol. The van der Waals surface area contributed by atoms with Crippen LogP contribution in [0.5, 0.6) is 11.5 Å². The molecule has 0 saturated carbocycles. The lowest BCUT2D eigenvalue weighted by Crippen LogP contribution is -2.56. The molecule has 2 heterocycles. The highest BCUT2D eigenvalue weighted by molar-refractivity contribution is 5.87. The number of allylic oxidation sites excluding steroid dienone is 2. The van der Waals surface area contributed by atoms with Gasteiger partial charge in [-0.3, -0.25) is 20.4 Å². The maximum absolute atomic E-state index is 12.2. The Kier molecular flexibility index (Phi) is 4.59. The summed E-state index contributed by atoms with van der Waals surface area (Å²) in [5, 5.41) is 0. The van der Waals surface area contributed by atoms with Crippen LogP contribution in [0.1, 0.15) is 0 Å². The number of hydrogen-bond acceptors (Lipinski definition) is 6. The summed E-state index contributed by atoms with van der Waals surface area (Å²) in [4.78, 5) is 24.4. The zero-order valence-corrected chi connectivity index (χ0v) is 13.8. The number of para-hydroxylation sites is 2. The lowest BCUT2D eigenvalue weighted by atomic mass is 10.1. The molecule has 0 radical (unpaired) electrons. The summed E-state index contributed by atoms with van der Waals surface area (Å²) < 4.78 is 22.4. The van der Waals surface area contributed by atoms with Crippen molar-refractivity contribution >= 4 is 11.8 Å². The first-order valence-corrected chi connectivity index (χ1v) is 8.31. The Bertz CT molecular complexity index is 762. The number of hydrogen-bond donors (Lipinski definition) is 2. The number of hydrazine groups is 1. The molecule has 1 aromatic rings. The average Bonchev–Trinajstić information content (AvgIpc) is 2.71. The lowest BCUT2D eigenvalue weighted by Gasteiger charge is -2.34. The fourth-order valence-corrected chi connectivity index (χ4v) is 2.84. The lowest BCUT2D eigenvalue weighted by molar-refractivity contribution is -0.169. The van der Waals surface area contributed by atoms with E-state index in [9.17, 15) is 9.59 Å². The van der Waals surface area contributed by atoms with Crippen LogP contribution in [0.15, 0.2) is 48.6 Å². The van der Waals surface area contributed by atoms with Crippen LogP contribution in [0.4, 0.5) is 0 Å². The van der Waals surface area contributed by atoms with E-state index in [4.69, 9.17) is 18.9 Å². The molecule has 0 bridgehead atoms. The Morgan fingerprint density at radius 2 is 1.58 bits per heavy atom. The van der Waals surface area contributed by atoms with Gasteiger partial charge in [0.05, 0.1) is 6.61 Å². The van der Waals surface area contributed by atoms with Crippen molar-refractivity contribution in [2.75, 3.05) is 13.2 Å². The number of carbonyl (C=O) groups is 2. The molecule has 8 nitrogen and oxygen atoms in total. The molecule has 1 fully saturated rings. The number of amides is 2. The van der Waals surface area contributed by atoms with E-state index in [0.29, 0.717) is 11.5 Å². The molecule has 2 aliphatic heterocycles. The SMILES string of the molecule is O=C(NNC(=O)[C@H]1CO[C@@H]2C=CC=C[C@@H]2O1)[C@H]1COc2ccccc2O1. The standard InChI is InChI=1S/C18H18N2O6/c21-17(15-9-23-11-5-1-3-7-13(11)25-15)19-20-18(22)16-10-24-12-6-2-4-8-14(12)26-16/h1-8,11,13,15-16H,9-10H2,(H,19,21)(H,20,22)/t11-,13+,15-,16-/m1/s1. The Morgan fingerprint density at radius 1 is 0.885 bits per heavy atom. The number of rotatable bonds is 2. The molecule has 0 unspecified atom stereocenters. The number of carbonyl (C=O) groups excluding carboxylic acids is 2. The van der Waals surface area contributed by atoms with E-state index in [1.165, 1.54) is 0 Å². The van der Waals surface area contributed by atoms with Crippen LogP contribution in [-0.2, 0) is 19.1 Å². The smallest absolute Gasteiger partial charge is 0.283 e. The summed E-state index contributed by atoms with van der Waals surface area (Å²) in [6.07, 6.45) is 5.24. The van der Waals surface area contributed by atoms with E-state index >= 15 is 0 Å². The van der Waals surface area contributed by atoms with Gasteiger partial charge in [-0.15, -0.1) is 0 Å². The van der Waals surface area contributed by atoms with E-state index in [1.807, 2.05) is 30.4 Å². The fraction of sp³-hybridized carbons (Fsp3) is 0.333. The molecule has 4 rings (SSSR count). The maximum atomic E-state index is 12.2. The molecule has 136 valence electrons. The third-order valence-corrected chi connectivity index (χ3v) is 4.20. The maximum Gasteiger partial charge on any atom is 0.283 e. The van der Waals surface area contributed by atoms with Crippen molar-refractivity contribution in [2.45, 2.75) is 24.4 Å². The summed E-state index contributed by atoms with van der Waals surface area (Å²) in [5.74, 6) is 0.0646. The van der Waals surface area contributed by atoms with Gasteiger partial charge < -0.3 is 18.9 Å². The molecule has 0 spiro atoms. The second kappa shape index (κ2) is 7.19. The molecule has 1 aromatic carbocycles. The van der Waals surface area contributed by atoms with Gasteiger partial charge in [0.15, 0.2) is 17.6 Å². The van der Waals surface area contributed by atoms with Crippen molar-refractivity contribution in [3.63, 3.8) is 0 Å². The van der Waals surface area contributed by atoms with E-state index in [-0.39, 0.29) is 25.4 Å². The minimum Gasteiger partial charge on any atom is -0.485 e. The summed E-state index contributed by atoms with van der Waals surface area (Å²) in [6.45, 7) is 0.167. The van der Waals surface area contributed by atoms with Crippen molar-refractivity contribution in [1.29, 1.82) is 0 Å². The highest BCUT2D eigenvalue weighted by Gasteiger charge is 2.34. The third-order valence-electron chi connectivity index (χ3n) is 4.20. The normalized spacial score (nSPS) is 28.8. The molecule has 1 saturated heterocycles. The first kappa shape index (κ1) is 16.6. The number of ether oxygens (including phenoxy) is 4. The van der Waals surface area contributed by atoms with Crippen LogP contribution < -0.4 is 20.3 Å². The summed E-state index contributed by atoms with van der Waals surface area (Å²) in [5.41, 5.74) is 4.69. The van der Waals surface area contributed by atoms with Crippen LogP contribution in [-0.4, -0.2) is 49.4 Å². The number of nitrogens with one attached hydrogen (secondary N) is 2. The van der Waals surface area contributed by atoms with E-state index in [1.54, 1.807) is 18.2 Å². The second-order valence-corrected chi connectivity index (χ2v) is 6.00. The van der Waals surface area contributed by atoms with Crippen LogP contribution in [0, 0.1) is 0 Å². The Morgan fingerprint density at radius 3 is 2.38 bits per heavy atom. The van der Waals surface area contributed by atoms with Crippen LogP contribution in [0.25, 0.3) is 0 Å². The summed E-state index contributed by atoms with van der Waals surface area (Å²) in [7, 11) is 0. The van der Waals surface area contributed by atoms with Gasteiger partial charge in [-0.1, -0.05) is 36.4 Å². The zero-order valence-electron chi connectivity index (χ0n) is 13.8. The summed E-state index contributed by atoms with van der Waals surface area (Å²) in [6, 6.07) is 7.07. The Balaban J connectivity index is 1.27. The predicted molar refractivity (Wildman–Crippen MR) is 89.3 cm³/mol. The quantitative estimate of drug-likeness (QED) is 0.736. The zero-order chi connectivity index (χ0) is 17.9. The van der Waals surface area contributed by atoms with E-state index in [0.717, 1.165) is 0 Å². The first-order chi connectivity index (χ1) is 12.7. The number of benzene rings is 1. The van der Waals surface area contributed by atoms with Crippen molar-refractivity contribution < 1.29 is 28.5 Å². The average molecular weight is 358 g/mol. The topological polar surface area (TPSA) is 95.1 Å². The predicted octanol–water partition coefficient (Wildman–Crippen LogP) is 0.252. The molecule has 0 aromatic heterocycles. The molecular weight excluding hydrogens is 340 g/mol. The molecule has 2 N–H and O–H groups in total. The second-order valence-electron chi connectivity index (χ2n) is 6.00. The van der Waals surface area contributed by atoms with Gasteiger partial charge in [-0.2, -0.15) is 0 Å².